The predicted molar refractivity (Wildman–Crippen MR) is 133 cm³/mol. The van der Waals surface area contributed by atoms with Crippen LogP contribution in [0, 0.1) is 3.57 Å². The van der Waals surface area contributed by atoms with E-state index in [1.807, 2.05) is 24.3 Å². The van der Waals surface area contributed by atoms with Gasteiger partial charge in [0.25, 0.3) is 11.8 Å². The first kappa shape index (κ1) is 22.9. The van der Waals surface area contributed by atoms with E-state index < -0.39 is 11.8 Å². The Bertz CT molecular complexity index is 1050. The molecular formula is C21H15BrClIN2O3S. The second kappa shape index (κ2) is 10.0. The highest BCUT2D eigenvalue weighted by atomic mass is 127. The fourth-order valence-electron chi connectivity index (χ4n) is 2.69. The highest BCUT2D eigenvalue weighted by Crippen LogP contribution is 2.36. The van der Waals surface area contributed by atoms with E-state index in [1.165, 1.54) is 17.1 Å². The van der Waals surface area contributed by atoms with Gasteiger partial charge in [0, 0.05) is 10.1 Å². The van der Waals surface area contributed by atoms with Gasteiger partial charge in [-0.3, -0.25) is 19.8 Å². The number of nitrogens with one attached hydrogen (secondary N) is 1. The maximum atomic E-state index is 12.7. The zero-order valence-electron chi connectivity index (χ0n) is 15.5. The molecule has 1 aliphatic rings. The summed E-state index contributed by atoms with van der Waals surface area (Å²) in [4.78, 5) is 26.2. The number of carbonyl (C=O) groups excluding carboxylic acids is 2. The SMILES string of the molecule is C=CCN1C(=O)/C(=C/c2cc(Cl)c(OCc3ccc(I)cc3)c(Br)c2)C(=O)NC1=S. The maximum absolute atomic E-state index is 12.7. The molecule has 30 heavy (non-hydrogen) atoms. The molecule has 9 heteroatoms. The van der Waals surface area contributed by atoms with Crippen LogP contribution >= 0.6 is 62.3 Å². The number of benzene rings is 2. The summed E-state index contributed by atoms with van der Waals surface area (Å²) in [5, 5.41) is 2.92. The van der Waals surface area contributed by atoms with Gasteiger partial charge in [-0.2, -0.15) is 0 Å². The molecule has 2 aromatic carbocycles. The van der Waals surface area contributed by atoms with Crippen LogP contribution in [0.1, 0.15) is 11.1 Å². The first-order valence-corrected chi connectivity index (χ1v) is 11.3. The Balaban J connectivity index is 1.84. The van der Waals surface area contributed by atoms with Crippen molar-refractivity contribution in [3.8, 4) is 5.75 Å². The quantitative estimate of drug-likeness (QED) is 0.161. The van der Waals surface area contributed by atoms with Gasteiger partial charge in [-0.1, -0.05) is 29.8 Å². The van der Waals surface area contributed by atoms with E-state index in [1.54, 1.807) is 12.1 Å². The van der Waals surface area contributed by atoms with Crippen molar-refractivity contribution in [1.82, 2.24) is 10.2 Å². The van der Waals surface area contributed by atoms with Gasteiger partial charge in [0.15, 0.2) is 10.9 Å². The molecule has 2 amide bonds. The average molecular weight is 618 g/mol. The summed E-state index contributed by atoms with van der Waals surface area (Å²) >= 11 is 17.1. The Morgan fingerprint density at radius 2 is 1.97 bits per heavy atom. The molecule has 1 N–H and O–H groups in total. The lowest BCUT2D eigenvalue weighted by molar-refractivity contribution is -0.128. The fourth-order valence-corrected chi connectivity index (χ4v) is 4.29. The van der Waals surface area contributed by atoms with Gasteiger partial charge >= 0.3 is 0 Å². The molecule has 1 heterocycles. The number of halogens is 3. The highest BCUT2D eigenvalue weighted by molar-refractivity contribution is 14.1. The highest BCUT2D eigenvalue weighted by Gasteiger charge is 2.32. The van der Waals surface area contributed by atoms with Crippen molar-refractivity contribution >= 4 is 85.3 Å². The van der Waals surface area contributed by atoms with Crippen molar-refractivity contribution in [2.75, 3.05) is 6.54 Å². The summed E-state index contributed by atoms with van der Waals surface area (Å²) in [6, 6.07) is 11.3. The molecule has 0 aliphatic carbocycles. The van der Waals surface area contributed by atoms with E-state index in [2.05, 4.69) is 50.4 Å². The smallest absolute Gasteiger partial charge is 0.265 e. The Morgan fingerprint density at radius 3 is 2.60 bits per heavy atom. The molecule has 1 saturated heterocycles. The molecule has 0 spiro atoms. The van der Waals surface area contributed by atoms with Gasteiger partial charge in [0.2, 0.25) is 0 Å². The van der Waals surface area contributed by atoms with Crippen molar-refractivity contribution in [3.63, 3.8) is 0 Å². The van der Waals surface area contributed by atoms with Crippen LogP contribution in [0.2, 0.25) is 5.02 Å². The van der Waals surface area contributed by atoms with Crippen molar-refractivity contribution in [2.24, 2.45) is 0 Å². The van der Waals surface area contributed by atoms with Crippen molar-refractivity contribution in [3.05, 3.63) is 78.8 Å². The molecule has 0 radical (unpaired) electrons. The molecule has 0 unspecified atom stereocenters. The van der Waals surface area contributed by atoms with Gasteiger partial charge in [-0.25, -0.2) is 0 Å². The van der Waals surface area contributed by atoms with Crippen LogP contribution in [0.3, 0.4) is 0 Å². The van der Waals surface area contributed by atoms with E-state index in [0.717, 1.165) is 9.13 Å². The first-order chi connectivity index (χ1) is 14.3. The van der Waals surface area contributed by atoms with Crippen molar-refractivity contribution < 1.29 is 14.3 Å². The third kappa shape index (κ3) is 5.29. The Hall–Kier alpha value is -1.75. The second-order valence-electron chi connectivity index (χ2n) is 6.25. The molecule has 1 aliphatic heterocycles. The number of carbonyl (C=O) groups is 2. The predicted octanol–water partition coefficient (Wildman–Crippen LogP) is 5.10. The number of amides is 2. The molecule has 154 valence electrons. The minimum Gasteiger partial charge on any atom is -0.486 e. The lowest BCUT2D eigenvalue weighted by Crippen LogP contribution is -2.53. The number of hydrogen-bond acceptors (Lipinski definition) is 4. The van der Waals surface area contributed by atoms with E-state index in [4.69, 9.17) is 28.6 Å². The molecule has 5 nitrogen and oxygen atoms in total. The largest absolute Gasteiger partial charge is 0.486 e. The van der Waals surface area contributed by atoms with Crippen molar-refractivity contribution in [2.45, 2.75) is 6.61 Å². The summed E-state index contributed by atoms with van der Waals surface area (Å²) in [5.74, 6) is -0.572. The van der Waals surface area contributed by atoms with Gasteiger partial charge in [-0.15, -0.1) is 6.58 Å². The van der Waals surface area contributed by atoms with Crippen LogP contribution in [-0.4, -0.2) is 28.4 Å². The summed E-state index contributed by atoms with van der Waals surface area (Å²) in [6.07, 6.45) is 3.00. The summed E-state index contributed by atoms with van der Waals surface area (Å²) in [7, 11) is 0. The average Bonchev–Trinajstić information content (AvgIpc) is 2.69. The lowest BCUT2D eigenvalue weighted by Gasteiger charge is -2.27. The molecular weight excluding hydrogens is 603 g/mol. The number of thiocarbonyl (C=S) groups is 1. The topological polar surface area (TPSA) is 58.6 Å². The summed E-state index contributed by atoms with van der Waals surface area (Å²) in [5.41, 5.74) is 1.53. The summed E-state index contributed by atoms with van der Waals surface area (Å²) in [6.45, 7) is 4.16. The van der Waals surface area contributed by atoms with Gasteiger partial charge in [0.1, 0.15) is 12.2 Å². The standard InChI is InChI=1S/C21H15BrClIN2O3S/c1-2-7-26-20(28)15(19(27)25-21(26)30)8-13-9-16(22)18(17(23)10-13)29-11-12-3-5-14(24)6-4-12/h2-6,8-10H,1,7,11H2,(H,25,27,30)/b15-8+. The zero-order chi connectivity index (χ0) is 21.8. The Morgan fingerprint density at radius 1 is 1.27 bits per heavy atom. The number of rotatable bonds is 6. The Labute approximate surface area is 206 Å². The molecule has 3 rings (SSSR count). The van der Waals surface area contributed by atoms with E-state index in [-0.39, 0.29) is 17.2 Å². The normalized spacial score (nSPS) is 15.4. The molecule has 0 atom stereocenters. The molecule has 2 aromatic rings. The van der Waals surface area contributed by atoms with Crippen molar-refractivity contribution in [1.29, 1.82) is 0 Å². The second-order valence-corrected chi connectivity index (χ2v) is 9.14. The fraction of sp³-hybridized carbons (Fsp3) is 0.0952. The van der Waals surface area contributed by atoms with E-state index >= 15 is 0 Å². The van der Waals surface area contributed by atoms with Crippen LogP contribution in [0.4, 0.5) is 0 Å². The molecule has 0 saturated carbocycles. The van der Waals surface area contributed by atoms with Gasteiger partial charge in [-0.05, 0) is 92.2 Å². The van der Waals surface area contributed by atoms with Gasteiger partial charge < -0.3 is 4.74 Å². The van der Waals surface area contributed by atoms with Crippen LogP contribution in [0.15, 0.2) is 59.1 Å². The van der Waals surface area contributed by atoms with E-state index in [0.29, 0.717) is 27.4 Å². The van der Waals surface area contributed by atoms with E-state index in [9.17, 15) is 9.59 Å². The lowest BCUT2D eigenvalue weighted by atomic mass is 10.1. The van der Waals surface area contributed by atoms with Crippen LogP contribution in [0.5, 0.6) is 5.75 Å². The minimum atomic E-state index is -0.559. The number of nitrogens with zero attached hydrogens (tertiary/aromatic N) is 1. The summed E-state index contributed by atoms with van der Waals surface area (Å²) < 4.78 is 7.61. The van der Waals surface area contributed by atoms with Crippen LogP contribution < -0.4 is 10.1 Å². The van der Waals surface area contributed by atoms with Gasteiger partial charge in [0.05, 0.1) is 9.50 Å². The first-order valence-electron chi connectivity index (χ1n) is 8.66. The maximum Gasteiger partial charge on any atom is 0.265 e. The molecule has 0 aromatic heterocycles. The van der Waals surface area contributed by atoms with Crippen LogP contribution in [-0.2, 0) is 16.2 Å². The van der Waals surface area contributed by atoms with Crippen LogP contribution in [0.25, 0.3) is 6.08 Å². The monoisotopic (exact) mass is 616 g/mol. The number of hydrogen-bond donors (Lipinski definition) is 1. The minimum absolute atomic E-state index is 0.0408. The third-order valence-corrected chi connectivity index (χ3v) is 6.04. The third-order valence-electron chi connectivity index (χ3n) is 4.13. The Kier molecular flexibility index (Phi) is 7.67. The molecule has 1 fully saturated rings. The zero-order valence-corrected chi connectivity index (χ0v) is 20.8. The number of ether oxygens (including phenoxy) is 1. The molecule has 0 bridgehead atoms.